The molecule has 1 aromatic heterocycles. The second kappa shape index (κ2) is 3.89. The summed E-state index contributed by atoms with van der Waals surface area (Å²) in [4.78, 5) is 12.0. The van der Waals surface area contributed by atoms with Gasteiger partial charge in [0.2, 0.25) is 0 Å². The first-order valence-electron chi connectivity index (χ1n) is 5.18. The van der Waals surface area contributed by atoms with Crippen molar-refractivity contribution in [1.29, 1.82) is 0 Å². The van der Waals surface area contributed by atoms with Crippen LogP contribution in [0.3, 0.4) is 0 Å². The smallest absolute Gasteiger partial charge is 0.332 e. The molecular weight excluding hydrogens is 204 g/mol. The first-order chi connectivity index (χ1) is 7.59. The largest absolute Gasteiger partial charge is 0.508 e. The number of phenols is 1. The summed E-state index contributed by atoms with van der Waals surface area (Å²) in [6.07, 6.45) is 3.49. The topological polar surface area (TPSA) is 47.2 Å². The summed E-state index contributed by atoms with van der Waals surface area (Å²) in [5.41, 5.74) is 0.683. The van der Waals surface area contributed by atoms with Gasteiger partial charge in [0.15, 0.2) is 0 Å². The average molecular weight is 218 g/mol. The van der Waals surface area contributed by atoms with E-state index in [-0.39, 0.29) is 17.5 Å². The van der Waals surface area contributed by atoms with E-state index in [2.05, 4.69) is 0 Å². The minimum atomic E-state index is -0.0688. The molecule has 1 N–H and O–H groups in total. The summed E-state index contributed by atoms with van der Waals surface area (Å²) in [5, 5.41) is 9.17. The van der Waals surface area contributed by atoms with Crippen LogP contribution < -0.4 is 5.69 Å². The van der Waals surface area contributed by atoms with Gasteiger partial charge in [-0.05, 0) is 38.1 Å². The maximum Gasteiger partial charge on any atom is 0.332 e. The van der Waals surface area contributed by atoms with Crippen molar-refractivity contribution in [3.8, 4) is 11.4 Å². The van der Waals surface area contributed by atoms with E-state index in [4.69, 9.17) is 0 Å². The van der Waals surface area contributed by atoms with E-state index in [1.54, 1.807) is 45.8 Å². The zero-order chi connectivity index (χ0) is 11.7. The van der Waals surface area contributed by atoms with Gasteiger partial charge in [-0.1, -0.05) is 0 Å². The van der Waals surface area contributed by atoms with Crippen LogP contribution in [0, 0.1) is 0 Å². The number of hydrogen-bond acceptors (Lipinski definition) is 2. The second-order valence-corrected chi connectivity index (χ2v) is 3.97. The molecule has 84 valence electrons. The molecule has 4 heteroatoms. The van der Waals surface area contributed by atoms with Gasteiger partial charge in [0, 0.05) is 18.4 Å². The highest BCUT2D eigenvalue weighted by Gasteiger charge is 2.07. The van der Waals surface area contributed by atoms with Crippen LogP contribution in [0.15, 0.2) is 41.5 Å². The Morgan fingerprint density at radius 2 is 1.75 bits per heavy atom. The lowest BCUT2D eigenvalue weighted by molar-refractivity contribution is 0.475. The fourth-order valence-corrected chi connectivity index (χ4v) is 1.59. The third-order valence-corrected chi connectivity index (χ3v) is 2.49. The summed E-state index contributed by atoms with van der Waals surface area (Å²) < 4.78 is 3.21. The van der Waals surface area contributed by atoms with Crippen molar-refractivity contribution in [3.05, 3.63) is 47.1 Å². The molecule has 0 atom stereocenters. The summed E-state index contributed by atoms with van der Waals surface area (Å²) in [7, 11) is 0. The van der Waals surface area contributed by atoms with Crippen molar-refractivity contribution in [2.45, 2.75) is 19.9 Å². The van der Waals surface area contributed by atoms with Gasteiger partial charge in [-0.3, -0.25) is 9.13 Å². The second-order valence-electron chi connectivity index (χ2n) is 3.97. The molecule has 0 aliphatic heterocycles. The number of imidazole rings is 1. The number of nitrogens with zero attached hydrogens (tertiary/aromatic N) is 2. The number of rotatable bonds is 2. The van der Waals surface area contributed by atoms with E-state index >= 15 is 0 Å². The standard InChI is InChI=1S/C12H14N2O2/c1-9(2)13-7-8-14(12(13)16)10-3-5-11(15)6-4-10/h3-9,15H,1-2H3. The van der Waals surface area contributed by atoms with Gasteiger partial charge in [0.05, 0.1) is 5.69 Å². The van der Waals surface area contributed by atoms with Crippen molar-refractivity contribution < 1.29 is 5.11 Å². The summed E-state index contributed by atoms with van der Waals surface area (Å²) in [6.45, 7) is 3.92. The lowest BCUT2D eigenvalue weighted by atomic mass is 10.3. The lowest BCUT2D eigenvalue weighted by Crippen LogP contribution is -2.24. The van der Waals surface area contributed by atoms with Crippen molar-refractivity contribution >= 4 is 0 Å². The molecule has 0 aliphatic rings. The molecule has 2 aromatic rings. The third-order valence-electron chi connectivity index (χ3n) is 2.49. The fourth-order valence-electron chi connectivity index (χ4n) is 1.59. The Hall–Kier alpha value is -1.97. The van der Waals surface area contributed by atoms with Crippen LogP contribution in [0.4, 0.5) is 0 Å². The van der Waals surface area contributed by atoms with Crippen LogP contribution in [0.2, 0.25) is 0 Å². The van der Waals surface area contributed by atoms with E-state index in [9.17, 15) is 9.90 Å². The highest BCUT2D eigenvalue weighted by Crippen LogP contribution is 2.12. The Morgan fingerprint density at radius 3 is 2.25 bits per heavy atom. The highest BCUT2D eigenvalue weighted by atomic mass is 16.3. The summed E-state index contributed by atoms with van der Waals surface area (Å²) in [5.74, 6) is 0.195. The highest BCUT2D eigenvalue weighted by molar-refractivity contribution is 5.36. The molecule has 0 bridgehead atoms. The van der Waals surface area contributed by atoms with Crippen molar-refractivity contribution in [2.75, 3.05) is 0 Å². The molecule has 0 spiro atoms. The number of benzene rings is 1. The Labute approximate surface area is 93.4 Å². The monoisotopic (exact) mass is 218 g/mol. The van der Waals surface area contributed by atoms with Gasteiger partial charge in [0.1, 0.15) is 5.75 Å². The molecule has 0 saturated heterocycles. The van der Waals surface area contributed by atoms with Gasteiger partial charge in [-0.15, -0.1) is 0 Å². The lowest BCUT2D eigenvalue weighted by Gasteiger charge is -2.05. The SMILES string of the molecule is CC(C)n1ccn(-c2ccc(O)cc2)c1=O. The van der Waals surface area contributed by atoms with E-state index in [0.29, 0.717) is 0 Å². The molecule has 16 heavy (non-hydrogen) atoms. The molecule has 1 heterocycles. The van der Waals surface area contributed by atoms with Gasteiger partial charge < -0.3 is 5.11 Å². The zero-order valence-electron chi connectivity index (χ0n) is 9.29. The van der Waals surface area contributed by atoms with E-state index in [1.165, 1.54) is 0 Å². The Morgan fingerprint density at radius 1 is 1.12 bits per heavy atom. The van der Waals surface area contributed by atoms with Gasteiger partial charge in [-0.25, -0.2) is 4.79 Å². The molecule has 1 aromatic carbocycles. The van der Waals surface area contributed by atoms with Gasteiger partial charge >= 0.3 is 5.69 Å². The Balaban J connectivity index is 2.49. The van der Waals surface area contributed by atoms with Crippen molar-refractivity contribution in [1.82, 2.24) is 9.13 Å². The van der Waals surface area contributed by atoms with Crippen LogP contribution in [0.5, 0.6) is 5.75 Å². The summed E-state index contributed by atoms with van der Waals surface area (Å²) >= 11 is 0. The predicted molar refractivity (Wildman–Crippen MR) is 62.1 cm³/mol. The number of hydrogen-bond donors (Lipinski definition) is 1. The van der Waals surface area contributed by atoms with Crippen molar-refractivity contribution in [2.24, 2.45) is 0 Å². The first-order valence-corrected chi connectivity index (χ1v) is 5.18. The third kappa shape index (κ3) is 1.74. The molecule has 2 rings (SSSR count). The molecule has 0 saturated carbocycles. The minimum Gasteiger partial charge on any atom is -0.508 e. The van der Waals surface area contributed by atoms with Gasteiger partial charge in [-0.2, -0.15) is 0 Å². The predicted octanol–water partition coefficient (Wildman–Crippen LogP) is 1.93. The normalized spacial score (nSPS) is 10.9. The van der Waals surface area contributed by atoms with Crippen molar-refractivity contribution in [3.63, 3.8) is 0 Å². The van der Waals surface area contributed by atoms with E-state index in [1.807, 2.05) is 13.8 Å². The quantitative estimate of drug-likeness (QED) is 0.837. The number of phenolic OH excluding ortho intramolecular Hbond substituents is 1. The molecular formula is C12H14N2O2. The van der Waals surface area contributed by atoms with E-state index < -0.39 is 0 Å². The van der Waals surface area contributed by atoms with Crippen LogP contribution in [-0.4, -0.2) is 14.2 Å². The molecule has 4 nitrogen and oxygen atoms in total. The zero-order valence-corrected chi connectivity index (χ0v) is 9.29. The molecule has 0 aliphatic carbocycles. The van der Waals surface area contributed by atoms with Crippen LogP contribution >= 0.6 is 0 Å². The fraction of sp³-hybridized carbons (Fsp3) is 0.250. The van der Waals surface area contributed by atoms with Crippen LogP contribution in [0.1, 0.15) is 19.9 Å². The number of aromatic nitrogens is 2. The van der Waals surface area contributed by atoms with Crippen LogP contribution in [-0.2, 0) is 0 Å². The Kier molecular flexibility index (Phi) is 2.56. The Bertz CT molecular complexity index is 535. The van der Waals surface area contributed by atoms with Crippen LogP contribution in [0.25, 0.3) is 5.69 Å². The molecule has 0 amide bonds. The molecule has 0 fully saturated rings. The maximum atomic E-state index is 12.0. The minimum absolute atomic E-state index is 0.0688. The first kappa shape index (κ1) is 10.5. The van der Waals surface area contributed by atoms with Gasteiger partial charge in [0.25, 0.3) is 0 Å². The molecule has 0 radical (unpaired) electrons. The molecule has 0 unspecified atom stereocenters. The maximum absolute atomic E-state index is 12.0. The van der Waals surface area contributed by atoms with E-state index in [0.717, 1.165) is 5.69 Å². The average Bonchev–Trinajstić information content (AvgIpc) is 2.61. The summed E-state index contributed by atoms with van der Waals surface area (Å²) in [6, 6.07) is 6.69. The number of aromatic hydroxyl groups is 1.